The number of sulfone groups is 1. The standard InChI is InChI=1S/C27H38N4O5S/c1-27(2,3)36-26(33)28-24(22-8-6-5-7-9-22)14-15-30-16-18-31(19-17-30)29-25(32)20-21-10-12-23(13-11-21)37(4,34)35/h5-13,24H,14-20H2,1-4H3,(H,28,33)(H,29,32). The van der Waals surface area contributed by atoms with E-state index in [1.165, 1.54) is 12.1 Å². The zero-order chi connectivity index (χ0) is 27.1. The molecule has 0 bridgehead atoms. The molecule has 2 amide bonds. The van der Waals surface area contributed by atoms with E-state index in [9.17, 15) is 18.0 Å². The number of amides is 2. The van der Waals surface area contributed by atoms with E-state index in [1.807, 2.05) is 56.1 Å². The molecule has 0 aromatic heterocycles. The fourth-order valence-corrected chi connectivity index (χ4v) is 4.74. The SMILES string of the molecule is CC(C)(C)OC(=O)NC(CCN1CCN(NC(=O)Cc2ccc(S(C)(=O)=O)cc2)CC1)c1ccccc1. The van der Waals surface area contributed by atoms with Crippen molar-refractivity contribution in [2.75, 3.05) is 39.0 Å². The maximum Gasteiger partial charge on any atom is 0.408 e. The van der Waals surface area contributed by atoms with Gasteiger partial charge in [-0.2, -0.15) is 0 Å². The fraction of sp³-hybridized carbons (Fsp3) is 0.481. The summed E-state index contributed by atoms with van der Waals surface area (Å²) in [6.45, 7) is 9.28. The highest BCUT2D eigenvalue weighted by atomic mass is 32.2. The van der Waals surface area contributed by atoms with Crippen LogP contribution in [0.15, 0.2) is 59.5 Å². The van der Waals surface area contributed by atoms with Crippen LogP contribution in [-0.4, -0.2) is 74.9 Å². The minimum absolute atomic E-state index is 0.133. The molecule has 1 atom stereocenters. The van der Waals surface area contributed by atoms with E-state index in [0.717, 1.165) is 43.4 Å². The van der Waals surface area contributed by atoms with Crippen molar-refractivity contribution < 1.29 is 22.7 Å². The Morgan fingerprint density at radius 2 is 1.59 bits per heavy atom. The van der Waals surface area contributed by atoms with Crippen molar-refractivity contribution in [3.8, 4) is 0 Å². The van der Waals surface area contributed by atoms with Crippen LogP contribution in [0, 0.1) is 0 Å². The minimum Gasteiger partial charge on any atom is -0.444 e. The normalized spacial score (nSPS) is 16.1. The van der Waals surface area contributed by atoms with Crippen molar-refractivity contribution in [3.05, 3.63) is 65.7 Å². The molecule has 9 nitrogen and oxygen atoms in total. The molecule has 2 aromatic rings. The maximum atomic E-state index is 12.5. The number of hydrogen-bond acceptors (Lipinski definition) is 7. The van der Waals surface area contributed by atoms with Gasteiger partial charge in [-0.25, -0.2) is 18.2 Å². The first kappa shape index (κ1) is 28.6. The van der Waals surface area contributed by atoms with Crippen LogP contribution in [0.4, 0.5) is 4.79 Å². The van der Waals surface area contributed by atoms with Crippen LogP contribution in [0.2, 0.25) is 0 Å². The topological polar surface area (TPSA) is 108 Å². The quantitative estimate of drug-likeness (QED) is 0.513. The third-order valence-corrected chi connectivity index (χ3v) is 7.13. The number of nitrogens with zero attached hydrogens (tertiary/aromatic N) is 2. The first-order chi connectivity index (χ1) is 17.4. The summed E-state index contributed by atoms with van der Waals surface area (Å²) in [7, 11) is -3.26. The maximum absolute atomic E-state index is 12.5. The van der Waals surface area contributed by atoms with Gasteiger partial charge in [-0.05, 0) is 50.5 Å². The molecule has 1 fully saturated rings. The Kier molecular flexibility index (Phi) is 9.69. The Hall–Kier alpha value is -2.95. The summed E-state index contributed by atoms with van der Waals surface area (Å²) in [6.07, 6.45) is 1.64. The molecule has 0 saturated carbocycles. The van der Waals surface area contributed by atoms with Crippen LogP contribution < -0.4 is 10.7 Å². The van der Waals surface area contributed by atoms with Crippen molar-refractivity contribution in [2.45, 2.75) is 50.2 Å². The van der Waals surface area contributed by atoms with Gasteiger partial charge in [0.05, 0.1) is 17.4 Å². The molecule has 10 heteroatoms. The molecule has 0 radical (unpaired) electrons. The Morgan fingerprint density at radius 3 is 2.16 bits per heavy atom. The van der Waals surface area contributed by atoms with Crippen molar-refractivity contribution in [1.82, 2.24) is 20.7 Å². The van der Waals surface area contributed by atoms with Gasteiger partial charge in [-0.3, -0.25) is 10.2 Å². The van der Waals surface area contributed by atoms with Gasteiger partial charge in [0.2, 0.25) is 5.91 Å². The zero-order valence-corrected chi connectivity index (χ0v) is 22.9. The summed E-state index contributed by atoms with van der Waals surface area (Å²) >= 11 is 0. The van der Waals surface area contributed by atoms with Gasteiger partial charge in [0, 0.05) is 39.0 Å². The molecule has 1 heterocycles. The molecule has 2 aromatic carbocycles. The number of hydrazine groups is 1. The molecular weight excluding hydrogens is 492 g/mol. The highest BCUT2D eigenvalue weighted by Crippen LogP contribution is 2.19. The Balaban J connectivity index is 1.45. The molecule has 3 rings (SSSR count). The monoisotopic (exact) mass is 530 g/mol. The number of carbonyl (C=O) groups is 2. The van der Waals surface area contributed by atoms with Gasteiger partial charge in [-0.1, -0.05) is 42.5 Å². The van der Waals surface area contributed by atoms with Crippen molar-refractivity contribution in [1.29, 1.82) is 0 Å². The average molecular weight is 531 g/mol. The highest BCUT2D eigenvalue weighted by Gasteiger charge is 2.23. The number of alkyl carbamates (subject to hydrolysis) is 1. The second-order valence-electron chi connectivity index (χ2n) is 10.4. The van der Waals surface area contributed by atoms with E-state index in [4.69, 9.17) is 4.74 Å². The molecule has 1 aliphatic rings. The lowest BCUT2D eigenvalue weighted by Gasteiger charge is -2.35. The van der Waals surface area contributed by atoms with Gasteiger partial charge in [0.15, 0.2) is 9.84 Å². The fourth-order valence-electron chi connectivity index (χ4n) is 4.11. The molecule has 1 saturated heterocycles. The summed E-state index contributed by atoms with van der Waals surface area (Å²) in [5, 5.41) is 4.92. The summed E-state index contributed by atoms with van der Waals surface area (Å²) in [4.78, 5) is 27.4. The lowest BCUT2D eigenvalue weighted by molar-refractivity contribution is -0.126. The predicted octanol–water partition coefficient (Wildman–Crippen LogP) is 2.94. The van der Waals surface area contributed by atoms with E-state index in [1.54, 1.807) is 12.1 Å². The largest absolute Gasteiger partial charge is 0.444 e. The summed E-state index contributed by atoms with van der Waals surface area (Å²) in [6, 6.07) is 16.1. The Bertz CT molecular complexity index is 1140. The zero-order valence-electron chi connectivity index (χ0n) is 22.1. The van der Waals surface area contributed by atoms with E-state index < -0.39 is 21.5 Å². The third kappa shape index (κ3) is 9.79. The number of hydrogen-bond donors (Lipinski definition) is 2. The van der Waals surface area contributed by atoms with Crippen molar-refractivity contribution in [2.24, 2.45) is 0 Å². The van der Waals surface area contributed by atoms with Gasteiger partial charge in [0.1, 0.15) is 5.60 Å². The second kappa shape index (κ2) is 12.5. The van der Waals surface area contributed by atoms with Gasteiger partial charge in [0.25, 0.3) is 0 Å². The second-order valence-corrected chi connectivity index (χ2v) is 12.4. The molecule has 0 aliphatic carbocycles. The molecule has 202 valence electrons. The van der Waals surface area contributed by atoms with E-state index in [-0.39, 0.29) is 23.3 Å². The lowest BCUT2D eigenvalue weighted by atomic mass is 10.0. The Labute approximate surface area is 220 Å². The number of piperazine rings is 1. The van der Waals surface area contributed by atoms with E-state index in [0.29, 0.717) is 13.1 Å². The van der Waals surface area contributed by atoms with Crippen LogP contribution >= 0.6 is 0 Å². The first-order valence-corrected chi connectivity index (χ1v) is 14.4. The summed E-state index contributed by atoms with van der Waals surface area (Å²) in [5.41, 5.74) is 4.17. The number of rotatable bonds is 9. The van der Waals surface area contributed by atoms with Crippen LogP contribution in [0.25, 0.3) is 0 Å². The van der Waals surface area contributed by atoms with Gasteiger partial charge < -0.3 is 15.0 Å². The molecule has 0 spiro atoms. The molecular formula is C27H38N4O5S. The van der Waals surface area contributed by atoms with E-state index >= 15 is 0 Å². The Morgan fingerprint density at radius 1 is 0.973 bits per heavy atom. The molecule has 2 N–H and O–H groups in total. The van der Waals surface area contributed by atoms with Crippen LogP contribution in [0.3, 0.4) is 0 Å². The molecule has 1 unspecified atom stereocenters. The summed E-state index contributed by atoms with van der Waals surface area (Å²) < 4.78 is 28.6. The van der Waals surface area contributed by atoms with Crippen LogP contribution in [0.5, 0.6) is 0 Å². The third-order valence-electron chi connectivity index (χ3n) is 6.00. The first-order valence-electron chi connectivity index (χ1n) is 12.5. The van der Waals surface area contributed by atoms with Crippen LogP contribution in [0.1, 0.15) is 44.4 Å². The molecule has 37 heavy (non-hydrogen) atoms. The minimum atomic E-state index is -3.26. The van der Waals surface area contributed by atoms with Gasteiger partial charge in [-0.15, -0.1) is 0 Å². The summed E-state index contributed by atoms with van der Waals surface area (Å²) in [5.74, 6) is -0.133. The number of nitrogens with one attached hydrogen (secondary N) is 2. The highest BCUT2D eigenvalue weighted by molar-refractivity contribution is 7.90. The predicted molar refractivity (Wildman–Crippen MR) is 143 cm³/mol. The lowest BCUT2D eigenvalue weighted by Crippen LogP contribution is -2.54. The van der Waals surface area contributed by atoms with Gasteiger partial charge >= 0.3 is 6.09 Å². The molecule has 1 aliphatic heterocycles. The van der Waals surface area contributed by atoms with Crippen molar-refractivity contribution in [3.63, 3.8) is 0 Å². The van der Waals surface area contributed by atoms with E-state index in [2.05, 4.69) is 15.6 Å². The smallest absolute Gasteiger partial charge is 0.408 e. The average Bonchev–Trinajstić information content (AvgIpc) is 2.82. The van der Waals surface area contributed by atoms with Crippen LogP contribution in [-0.2, 0) is 25.8 Å². The number of carbonyl (C=O) groups excluding carboxylic acids is 2. The number of benzene rings is 2. The van der Waals surface area contributed by atoms with Crippen molar-refractivity contribution >= 4 is 21.8 Å². The number of ether oxygens (including phenoxy) is 1.